The quantitative estimate of drug-likeness (QED) is 0.790. The molecule has 94 valence electrons. The molecule has 0 saturated heterocycles. The second-order valence-electron chi connectivity index (χ2n) is 3.45. The second kappa shape index (κ2) is 5.50. The van der Waals surface area contributed by atoms with Gasteiger partial charge < -0.3 is 4.74 Å². The van der Waals surface area contributed by atoms with E-state index in [-0.39, 0.29) is 21.8 Å². The molecule has 0 radical (unpaired) electrons. The van der Waals surface area contributed by atoms with E-state index < -0.39 is 5.82 Å². The summed E-state index contributed by atoms with van der Waals surface area (Å²) in [5.74, 6) is 0.0826. The highest BCUT2D eigenvalue weighted by molar-refractivity contribution is 6.30. The molecule has 0 fully saturated rings. The highest BCUT2D eigenvalue weighted by Gasteiger charge is 2.10. The molecule has 1 heterocycles. The molecule has 0 atom stereocenters. The predicted molar refractivity (Wildman–Crippen MR) is 67.9 cm³/mol. The van der Waals surface area contributed by atoms with Crippen molar-refractivity contribution in [2.24, 2.45) is 0 Å². The molecule has 0 aliphatic rings. The fourth-order valence-corrected chi connectivity index (χ4v) is 1.68. The maximum absolute atomic E-state index is 13.6. The number of hydrogen-bond donors (Lipinski definition) is 0. The van der Waals surface area contributed by atoms with Gasteiger partial charge in [0.25, 0.3) is 0 Å². The molecule has 0 aliphatic carbocycles. The van der Waals surface area contributed by atoms with Crippen molar-refractivity contribution in [3.05, 3.63) is 46.1 Å². The first-order chi connectivity index (χ1) is 8.60. The first-order valence-electron chi connectivity index (χ1n) is 5.25. The smallest absolute Gasteiger partial charge is 0.224 e. The molecule has 3 nitrogen and oxygen atoms in total. The zero-order chi connectivity index (χ0) is 13.1. The fourth-order valence-electron chi connectivity index (χ4n) is 1.33. The molecule has 0 aliphatic heterocycles. The molecule has 1 aromatic heterocycles. The van der Waals surface area contributed by atoms with E-state index in [1.54, 1.807) is 6.07 Å². The minimum Gasteiger partial charge on any atom is -0.436 e. The summed E-state index contributed by atoms with van der Waals surface area (Å²) >= 11 is 11.5. The molecule has 0 N–H and O–H groups in total. The number of rotatable bonds is 3. The van der Waals surface area contributed by atoms with Gasteiger partial charge in [-0.1, -0.05) is 36.2 Å². The maximum Gasteiger partial charge on any atom is 0.224 e. The van der Waals surface area contributed by atoms with E-state index in [1.165, 1.54) is 18.2 Å². The van der Waals surface area contributed by atoms with Crippen LogP contribution in [0.2, 0.25) is 10.2 Å². The van der Waals surface area contributed by atoms with Gasteiger partial charge in [-0.05, 0) is 12.1 Å². The van der Waals surface area contributed by atoms with Crippen LogP contribution in [0.25, 0.3) is 0 Å². The van der Waals surface area contributed by atoms with E-state index in [9.17, 15) is 4.39 Å². The molecular formula is C12H9Cl2FN2O. The first-order valence-corrected chi connectivity index (χ1v) is 6.01. The molecule has 1 aromatic carbocycles. The zero-order valence-corrected chi connectivity index (χ0v) is 11.0. The number of benzene rings is 1. The van der Waals surface area contributed by atoms with Gasteiger partial charge >= 0.3 is 0 Å². The van der Waals surface area contributed by atoms with Crippen molar-refractivity contribution in [1.82, 2.24) is 9.97 Å². The fraction of sp³-hybridized carbons (Fsp3) is 0.167. The summed E-state index contributed by atoms with van der Waals surface area (Å²) in [7, 11) is 0. The molecule has 18 heavy (non-hydrogen) atoms. The van der Waals surface area contributed by atoms with Gasteiger partial charge in [0.15, 0.2) is 11.6 Å². The van der Waals surface area contributed by atoms with Crippen LogP contribution >= 0.6 is 23.2 Å². The van der Waals surface area contributed by atoms with Gasteiger partial charge in [0.2, 0.25) is 5.88 Å². The number of halogens is 3. The highest BCUT2D eigenvalue weighted by Crippen LogP contribution is 2.28. The zero-order valence-electron chi connectivity index (χ0n) is 9.45. The number of nitrogens with zero attached hydrogens (tertiary/aromatic N) is 2. The van der Waals surface area contributed by atoms with Crippen LogP contribution in [-0.4, -0.2) is 9.97 Å². The van der Waals surface area contributed by atoms with Crippen molar-refractivity contribution >= 4 is 23.2 Å². The molecule has 0 bridgehead atoms. The van der Waals surface area contributed by atoms with Crippen LogP contribution in [-0.2, 0) is 6.42 Å². The van der Waals surface area contributed by atoms with Crippen molar-refractivity contribution in [3.63, 3.8) is 0 Å². The summed E-state index contributed by atoms with van der Waals surface area (Å²) in [4.78, 5) is 8.08. The van der Waals surface area contributed by atoms with Gasteiger partial charge in [0, 0.05) is 12.5 Å². The third-order valence-electron chi connectivity index (χ3n) is 2.16. The lowest BCUT2D eigenvalue weighted by Crippen LogP contribution is -1.97. The summed E-state index contributed by atoms with van der Waals surface area (Å²) in [6.45, 7) is 1.88. The number of aryl methyl sites for hydroxylation is 1. The summed E-state index contributed by atoms with van der Waals surface area (Å²) in [5.41, 5.74) is 0. The standard InChI is InChI=1S/C12H9Cl2FN2O/c1-2-10-16-9(14)6-11(17-10)18-8-5-3-4-7(13)12(8)15/h3-6H,2H2,1H3. The monoisotopic (exact) mass is 286 g/mol. The lowest BCUT2D eigenvalue weighted by molar-refractivity contribution is 0.425. The molecule has 2 aromatic rings. The minimum absolute atomic E-state index is 0.000630. The van der Waals surface area contributed by atoms with E-state index in [0.717, 1.165) is 0 Å². The van der Waals surface area contributed by atoms with Crippen LogP contribution in [0.1, 0.15) is 12.7 Å². The van der Waals surface area contributed by atoms with Gasteiger partial charge in [-0.15, -0.1) is 0 Å². The Hall–Kier alpha value is -1.39. The van der Waals surface area contributed by atoms with Gasteiger partial charge in [-0.25, -0.2) is 9.37 Å². The van der Waals surface area contributed by atoms with Crippen molar-refractivity contribution in [2.75, 3.05) is 0 Å². The summed E-state index contributed by atoms with van der Waals surface area (Å²) in [6.07, 6.45) is 0.606. The van der Waals surface area contributed by atoms with Gasteiger partial charge in [-0.2, -0.15) is 4.98 Å². The summed E-state index contributed by atoms with van der Waals surface area (Å²) in [5, 5.41) is 0.239. The van der Waals surface area contributed by atoms with Crippen molar-refractivity contribution in [2.45, 2.75) is 13.3 Å². The van der Waals surface area contributed by atoms with E-state index in [2.05, 4.69) is 9.97 Å². The summed E-state index contributed by atoms with van der Waals surface area (Å²) in [6, 6.07) is 5.91. The van der Waals surface area contributed by atoms with Gasteiger partial charge in [0.1, 0.15) is 11.0 Å². The van der Waals surface area contributed by atoms with E-state index in [0.29, 0.717) is 12.2 Å². The molecule has 6 heteroatoms. The van der Waals surface area contributed by atoms with E-state index in [1.807, 2.05) is 6.92 Å². The Bertz CT molecular complexity index is 578. The predicted octanol–water partition coefficient (Wildman–Crippen LogP) is 4.28. The Morgan fingerprint density at radius 2 is 2.06 bits per heavy atom. The van der Waals surface area contributed by atoms with Gasteiger partial charge in [-0.3, -0.25) is 0 Å². The highest BCUT2D eigenvalue weighted by atomic mass is 35.5. The van der Waals surface area contributed by atoms with Crippen LogP contribution in [0.4, 0.5) is 4.39 Å². The average molecular weight is 287 g/mol. The molecular weight excluding hydrogens is 278 g/mol. The Balaban J connectivity index is 2.34. The van der Waals surface area contributed by atoms with Crippen molar-refractivity contribution in [1.29, 1.82) is 0 Å². The van der Waals surface area contributed by atoms with Gasteiger partial charge in [0.05, 0.1) is 5.02 Å². The Morgan fingerprint density at radius 3 is 2.78 bits per heavy atom. The Morgan fingerprint density at radius 1 is 1.28 bits per heavy atom. The normalized spacial score (nSPS) is 10.4. The Kier molecular flexibility index (Phi) is 3.99. The van der Waals surface area contributed by atoms with Crippen LogP contribution < -0.4 is 4.74 Å². The minimum atomic E-state index is -0.632. The van der Waals surface area contributed by atoms with Crippen LogP contribution in [0.5, 0.6) is 11.6 Å². The SMILES string of the molecule is CCc1nc(Cl)cc(Oc2cccc(Cl)c2F)n1. The number of hydrogen-bond acceptors (Lipinski definition) is 3. The lowest BCUT2D eigenvalue weighted by atomic mass is 10.3. The number of ether oxygens (including phenoxy) is 1. The Labute approximate surface area is 114 Å². The second-order valence-corrected chi connectivity index (χ2v) is 4.25. The molecule has 0 unspecified atom stereocenters. The molecule has 0 spiro atoms. The third kappa shape index (κ3) is 2.89. The lowest BCUT2D eigenvalue weighted by Gasteiger charge is -2.07. The maximum atomic E-state index is 13.6. The van der Waals surface area contributed by atoms with Crippen molar-refractivity contribution < 1.29 is 9.13 Å². The average Bonchev–Trinajstić information content (AvgIpc) is 2.34. The molecule has 2 rings (SSSR count). The molecule has 0 saturated carbocycles. The van der Waals surface area contributed by atoms with E-state index in [4.69, 9.17) is 27.9 Å². The number of aromatic nitrogens is 2. The third-order valence-corrected chi connectivity index (χ3v) is 2.65. The largest absolute Gasteiger partial charge is 0.436 e. The van der Waals surface area contributed by atoms with Crippen LogP contribution in [0, 0.1) is 5.82 Å². The molecule has 0 amide bonds. The van der Waals surface area contributed by atoms with Crippen LogP contribution in [0.3, 0.4) is 0 Å². The summed E-state index contributed by atoms with van der Waals surface area (Å²) < 4.78 is 19.0. The van der Waals surface area contributed by atoms with E-state index >= 15 is 0 Å². The van der Waals surface area contributed by atoms with Crippen LogP contribution in [0.15, 0.2) is 24.3 Å². The topological polar surface area (TPSA) is 35.0 Å². The van der Waals surface area contributed by atoms with Crippen molar-refractivity contribution in [3.8, 4) is 11.6 Å². The first kappa shape index (κ1) is 13.1.